The van der Waals surface area contributed by atoms with Gasteiger partial charge < -0.3 is 5.32 Å². The molecule has 2 heteroatoms. The number of benzene rings is 2. The van der Waals surface area contributed by atoms with Crippen LogP contribution in [-0.4, -0.2) is 6.54 Å². The van der Waals surface area contributed by atoms with Crippen molar-refractivity contribution < 1.29 is 0 Å². The first-order valence-corrected chi connectivity index (χ1v) is 7.05. The van der Waals surface area contributed by atoms with Crippen LogP contribution in [0.15, 0.2) is 48.5 Å². The summed E-state index contributed by atoms with van der Waals surface area (Å²) in [6, 6.07) is 16.8. The van der Waals surface area contributed by atoms with E-state index < -0.39 is 0 Å². The van der Waals surface area contributed by atoms with Gasteiger partial charge in [-0.15, -0.1) is 11.6 Å². The Labute approximate surface area is 120 Å². The minimum Gasteiger partial charge on any atom is -0.311 e. The molecule has 0 saturated heterocycles. The van der Waals surface area contributed by atoms with Gasteiger partial charge in [0.05, 0.1) is 5.38 Å². The lowest BCUT2D eigenvalue weighted by atomic mass is 10.1. The summed E-state index contributed by atoms with van der Waals surface area (Å²) in [5, 5.41) is 3.44. The Balaban J connectivity index is 1.86. The van der Waals surface area contributed by atoms with Crippen LogP contribution in [-0.2, 0) is 6.54 Å². The number of aryl methyl sites for hydroxylation is 2. The standard InChI is InChI=1S/C17H20ClN/c1-13-8-14(2)10-15(9-13)11-19-12-17(18)16-6-4-3-5-7-16/h3-10,17,19H,11-12H2,1-2H3. The van der Waals surface area contributed by atoms with E-state index in [1.807, 2.05) is 18.2 Å². The van der Waals surface area contributed by atoms with Gasteiger partial charge in [-0.3, -0.25) is 0 Å². The van der Waals surface area contributed by atoms with Crippen molar-refractivity contribution in [3.63, 3.8) is 0 Å². The van der Waals surface area contributed by atoms with Crippen LogP contribution < -0.4 is 5.32 Å². The van der Waals surface area contributed by atoms with Gasteiger partial charge in [0.1, 0.15) is 0 Å². The van der Waals surface area contributed by atoms with Crippen molar-refractivity contribution in [1.29, 1.82) is 0 Å². The summed E-state index contributed by atoms with van der Waals surface area (Å²) in [4.78, 5) is 0. The van der Waals surface area contributed by atoms with Crippen molar-refractivity contribution >= 4 is 11.6 Å². The molecule has 2 rings (SSSR count). The maximum atomic E-state index is 6.37. The zero-order valence-corrected chi connectivity index (χ0v) is 12.2. The van der Waals surface area contributed by atoms with Crippen LogP contribution in [0.1, 0.15) is 27.6 Å². The van der Waals surface area contributed by atoms with Crippen molar-refractivity contribution in [2.24, 2.45) is 0 Å². The molecule has 1 unspecified atom stereocenters. The molecular weight excluding hydrogens is 254 g/mol. The van der Waals surface area contributed by atoms with Gasteiger partial charge in [-0.2, -0.15) is 0 Å². The summed E-state index contributed by atoms with van der Waals surface area (Å²) >= 11 is 6.37. The summed E-state index contributed by atoms with van der Waals surface area (Å²) in [7, 11) is 0. The molecule has 0 radical (unpaired) electrons. The van der Waals surface area contributed by atoms with Crippen LogP contribution >= 0.6 is 11.6 Å². The van der Waals surface area contributed by atoms with E-state index in [1.165, 1.54) is 16.7 Å². The van der Waals surface area contributed by atoms with Gasteiger partial charge in [0.25, 0.3) is 0 Å². The molecule has 0 fully saturated rings. The van der Waals surface area contributed by atoms with E-state index in [0.717, 1.165) is 18.7 Å². The van der Waals surface area contributed by atoms with E-state index in [1.54, 1.807) is 0 Å². The summed E-state index contributed by atoms with van der Waals surface area (Å²) in [6.07, 6.45) is 0. The van der Waals surface area contributed by atoms with Crippen LogP contribution in [0, 0.1) is 13.8 Å². The van der Waals surface area contributed by atoms with Crippen LogP contribution in [0.2, 0.25) is 0 Å². The van der Waals surface area contributed by atoms with Gasteiger partial charge in [-0.05, 0) is 25.0 Å². The molecule has 100 valence electrons. The topological polar surface area (TPSA) is 12.0 Å². The van der Waals surface area contributed by atoms with E-state index in [0.29, 0.717) is 0 Å². The Bertz CT molecular complexity index is 502. The van der Waals surface area contributed by atoms with Crippen LogP contribution in [0.5, 0.6) is 0 Å². The largest absolute Gasteiger partial charge is 0.311 e. The van der Waals surface area contributed by atoms with Gasteiger partial charge >= 0.3 is 0 Å². The predicted octanol–water partition coefficient (Wildman–Crippen LogP) is 4.37. The Morgan fingerprint density at radius 3 is 2.26 bits per heavy atom. The Morgan fingerprint density at radius 2 is 1.63 bits per heavy atom. The maximum absolute atomic E-state index is 6.37. The van der Waals surface area contributed by atoms with Crippen molar-refractivity contribution in [3.8, 4) is 0 Å². The molecule has 0 spiro atoms. The second-order valence-electron chi connectivity index (χ2n) is 5.01. The summed E-state index contributed by atoms with van der Waals surface area (Å²) in [5.41, 5.74) is 5.09. The zero-order chi connectivity index (χ0) is 13.7. The molecule has 1 atom stereocenters. The molecular formula is C17H20ClN. The van der Waals surface area contributed by atoms with Gasteiger partial charge in [0.2, 0.25) is 0 Å². The lowest BCUT2D eigenvalue weighted by Gasteiger charge is -2.12. The van der Waals surface area contributed by atoms with Crippen molar-refractivity contribution in [3.05, 3.63) is 70.8 Å². The highest BCUT2D eigenvalue weighted by Gasteiger charge is 2.06. The molecule has 0 amide bonds. The summed E-state index contributed by atoms with van der Waals surface area (Å²) < 4.78 is 0. The van der Waals surface area contributed by atoms with Gasteiger partial charge in [-0.1, -0.05) is 59.7 Å². The molecule has 0 aliphatic carbocycles. The monoisotopic (exact) mass is 273 g/mol. The minimum atomic E-state index is 0.0205. The smallest absolute Gasteiger partial charge is 0.0709 e. The lowest BCUT2D eigenvalue weighted by molar-refractivity contribution is 0.674. The molecule has 0 heterocycles. The third-order valence-electron chi connectivity index (χ3n) is 3.10. The average molecular weight is 274 g/mol. The first-order chi connectivity index (χ1) is 9.15. The van der Waals surface area contributed by atoms with E-state index in [2.05, 4.69) is 49.5 Å². The highest BCUT2D eigenvalue weighted by atomic mass is 35.5. The number of alkyl halides is 1. The van der Waals surface area contributed by atoms with Crippen molar-refractivity contribution in [2.75, 3.05) is 6.54 Å². The fourth-order valence-corrected chi connectivity index (χ4v) is 2.55. The van der Waals surface area contributed by atoms with Crippen LogP contribution in [0.3, 0.4) is 0 Å². The fraction of sp³-hybridized carbons (Fsp3) is 0.294. The molecule has 1 N–H and O–H groups in total. The SMILES string of the molecule is Cc1cc(C)cc(CNCC(Cl)c2ccccc2)c1. The average Bonchev–Trinajstić information content (AvgIpc) is 2.38. The highest BCUT2D eigenvalue weighted by Crippen LogP contribution is 2.18. The summed E-state index contributed by atoms with van der Waals surface area (Å²) in [5.74, 6) is 0. The normalized spacial score (nSPS) is 12.4. The van der Waals surface area contributed by atoms with Gasteiger partial charge in [-0.25, -0.2) is 0 Å². The minimum absolute atomic E-state index is 0.0205. The molecule has 0 aliphatic heterocycles. The van der Waals surface area contributed by atoms with E-state index >= 15 is 0 Å². The molecule has 0 aliphatic rings. The van der Waals surface area contributed by atoms with Gasteiger partial charge in [0.15, 0.2) is 0 Å². The Hall–Kier alpha value is -1.31. The number of hydrogen-bond acceptors (Lipinski definition) is 1. The van der Waals surface area contributed by atoms with E-state index in [4.69, 9.17) is 11.6 Å². The molecule has 0 bridgehead atoms. The second kappa shape index (κ2) is 6.74. The van der Waals surface area contributed by atoms with Crippen molar-refractivity contribution in [2.45, 2.75) is 25.8 Å². The molecule has 1 nitrogen and oxygen atoms in total. The number of hydrogen-bond donors (Lipinski definition) is 1. The molecule has 0 saturated carbocycles. The number of halogens is 1. The molecule has 2 aromatic rings. The predicted molar refractivity (Wildman–Crippen MR) is 82.7 cm³/mol. The Kier molecular flexibility index (Phi) is 5.00. The first kappa shape index (κ1) is 14.1. The van der Waals surface area contributed by atoms with Gasteiger partial charge in [0, 0.05) is 13.1 Å². The molecule has 0 aromatic heterocycles. The van der Waals surface area contributed by atoms with E-state index in [9.17, 15) is 0 Å². The van der Waals surface area contributed by atoms with E-state index in [-0.39, 0.29) is 5.38 Å². The number of rotatable bonds is 5. The fourth-order valence-electron chi connectivity index (χ4n) is 2.29. The van der Waals surface area contributed by atoms with Crippen LogP contribution in [0.4, 0.5) is 0 Å². The van der Waals surface area contributed by atoms with Crippen LogP contribution in [0.25, 0.3) is 0 Å². The van der Waals surface area contributed by atoms with Crippen molar-refractivity contribution in [1.82, 2.24) is 5.32 Å². The zero-order valence-electron chi connectivity index (χ0n) is 11.5. The molecule has 19 heavy (non-hydrogen) atoms. The Morgan fingerprint density at radius 1 is 1.00 bits per heavy atom. The number of nitrogens with one attached hydrogen (secondary N) is 1. The third-order valence-corrected chi connectivity index (χ3v) is 3.50. The third kappa shape index (κ3) is 4.38. The lowest BCUT2D eigenvalue weighted by Crippen LogP contribution is -2.18. The summed E-state index contributed by atoms with van der Waals surface area (Å²) in [6.45, 7) is 5.90. The second-order valence-corrected chi connectivity index (χ2v) is 5.53. The molecule has 2 aromatic carbocycles. The first-order valence-electron chi connectivity index (χ1n) is 6.62. The highest BCUT2D eigenvalue weighted by molar-refractivity contribution is 6.21. The maximum Gasteiger partial charge on any atom is 0.0709 e. The quantitative estimate of drug-likeness (QED) is 0.798.